The van der Waals surface area contributed by atoms with Gasteiger partial charge in [-0.3, -0.25) is 4.79 Å². The van der Waals surface area contributed by atoms with E-state index < -0.39 is 5.97 Å². The minimum atomic E-state index is -0.931. The zero-order chi connectivity index (χ0) is 13.0. The summed E-state index contributed by atoms with van der Waals surface area (Å²) in [6.45, 7) is 0. The van der Waals surface area contributed by atoms with Gasteiger partial charge in [0.05, 0.1) is 13.3 Å². The van der Waals surface area contributed by atoms with E-state index in [0.717, 1.165) is 11.3 Å². The normalized spacial score (nSPS) is 10.3. The molecule has 0 aliphatic carbocycles. The fourth-order valence-corrected chi connectivity index (χ4v) is 1.62. The molecule has 0 spiro atoms. The molecular weight excluding hydrogens is 234 g/mol. The second-order valence-corrected chi connectivity index (χ2v) is 3.82. The molecule has 2 rings (SSSR count). The SMILES string of the molecule is COc1cccc(Cc2ncc(CC(=O)O)o2)c1. The number of nitrogens with zero attached hydrogens (tertiary/aromatic N) is 1. The van der Waals surface area contributed by atoms with Gasteiger partial charge >= 0.3 is 5.97 Å². The molecule has 1 aromatic carbocycles. The van der Waals surface area contributed by atoms with Gasteiger partial charge in [0.2, 0.25) is 0 Å². The number of ether oxygens (including phenoxy) is 1. The Morgan fingerprint density at radius 1 is 1.50 bits per heavy atom. The number of carbonyl (C=O) groups is 1. The van der Waals surface area contributed by atoms with Crippen LogP contribution in [0.3, 0.4) is 0 Å². The molecule has 0 saturated heterocycles. The van der Waals surface area contributed by atoms with Crippen molar-refractivity contribution in [3.63, 3.8) is 0 Å². The average molecular weight is 247 g/mol. The molecule has 0 bridgehead atoms. The quantitative estimate of drug-likeness (QED) is 0.873. The second kappa shape index (κ2) is 5.35. The lowest BCUT2D eigenvalue weighted by molar-refractivity contribution is -0.136. The van der Waals surface area contributed by atoms with Crippen LogP contribution in [0.25, 0.3) is 0 Å². The highest BCUT2D eigenvalue weighted by Gasteiger charge is 2.08. The number of hydrogen-bond donors (Lipinski definition) is 1. The Bertz CT molecular complexity index is 547. The molecule has 0 aliphatic heterocycles. The largest absolute Gasteiger partial charge is 0.497 e. The van der Waals surface area contributed by atoms with E-state index in [1.165, 1.54) is 6.20 Å². The Morgan fingerprint density at radius 2 is 2.33 bits per heavy atom. The van der Waals surface area contributed by atoms with Gasteiger partial charge in [0.15, 0.2) is 5.89 Å². The van der Waals surface area contributed by atoms with Gasteiger partial charge in [0.25, 0.3) is 0 Å². The number of methoxy groups -OCH3 is 1. The molecule has 5 nitrogen and oxygen atoms in total. The summed E-state index contributed by atoms with van der Waals surface area (Å²) in [5.41, 5.74) is 0.998. The van der Waals surface area contributed by atoms with Crippen LogP contribution in [0.1, 0.15) is 17.2 Å². The summed E-state index contributed by atoms with van der Waals surface area (Å²) in [7, 11) is 1.61. The van der Waals surface area contributed by atoms with Crippen molar-refractivity contribution in [2.75, 3.05) is 7.11 Å². The number of oxazole rings is 1. The van der Waals surface area contributed by atoms with Crippen LogP contribution in [0.2, 0.25) is 0 Å². The summed E-state index contributed by atoms with van der Waals surface area (Å²) in [5.74, 6) is 0.698. The molecule has 0 radical (unpaired) electrons. The monoisotopic (exact) mass is 247 g/mol. The van der Waals surface area contributed by atoms with Gasteiger partial charge in [-0.1, -0.05) is 12.1 Å². The van der Waals surface area contributed by atoms with Gasteiger partial charge in [-0.25, -0.2) is 4.98 Å². The minimum Gasteiger partial charge on any atom is -0.497 e. The molecule has 1 heterocycles. The lowest BCUT2D eigenvalue weighted by Crippen LogP contribution is -1.98. The highest BCUT2D eigenvalue weighted by Crippen LogP contribution is 2.16. The summed E-state index contributed by atoms with van der Waals surface area (Å²) < 4.78 is 10.5. The van der Waals surface area contributed by atoms with Crippen molar-refractivity contribution in [3.05, 3.63) is 47.7 Å². The third-order valence-corrected chi connectivity index (χ3v) is 2.42. The minimum absolute atomic E-state index is 0.148. The van der Waals surface area contributed by atoms with Crippen LogP contribution in [0.4, 0.5) is 0 Å². The Kier molecular flexibility index (Phi) is 3.62. The van der Waals surface area contributed by atoms with Gasteiger partial charge in [-0.2, -0.15) is 0 Å². The highest BCUT2D eigenvalue weighted by atomic mass is 16.5. The van der Waals surface area contributed by atoms with Gasteiger partial charge in [-0.15, -0.1) is 0 Å². The van der Waals surface area contributed by atoms with Crippen LogP contribution < -0.4 is 4.74 Å². The number of aromatic nitrogens is 1. The third-order valence-electron chi connectivity index (χ3n) is 2.42. The summed E-state index contributed by atoms with van der Waals surface area (Å²) >= 11 is 0. The number of rotatable bonds is 5. The lowest BCUT2D eigenvalue weighted by atomic mass is 10.1. The number of hydrogen-bond acceptors (Lipinski definition) is 4. The van der Waals surface area contributed by atoms with Crippen molar-refractivity contribution in [2.24, 2.45) is 0 Å². The molecular formula is C13H13NO4. The van der Waals surface area contributed by atoms with E-state index in [1.54, 1.807) is 7.11 Å². The molecule has 94 valence electrons. The number of benzene rings is 1. The first-order chi connectivity index (χ1) is 8.67. The van der Waals surface area contributed by atoms with E-state index in [2.05, 4.69) is 4.98 Å². The number of aliphatic carboxylic acids is 1. The van der Waals surface area contributed by atoms with Crippen LogP contribution in [0.5, 0.6) is 5.75 Å². The zero-order valence-electron chi connectivity index (χ0n) is 9.92. The van der Waals surface area contributed by atoms with E-state index in [4.69, 9.17) is 14.3 Å². The van der Waals surface area contributed by atoms with Gasteiger partial charge in [0.1, 0.15) is 17.9 Å². The van der Waals surface area contributed by atoms with Crippen LogP contribution in [-0.4, -0.2) is 23.2 Å². The fraction of sp³-hybridized carbons (Fsp3) is 0.231. The molecule has 5 heteroatoms. The highest BCUT2D eigenvalue weighted by molar-refractivity contribution is 5.69. The first kappa shape index (κ1) is 12.2. The van der Waals surface area contributed by atoms with Crippen molar-refractivity contribution in [1.29, 1.82) is 0 Å². The van der Waals surface area contributed by atoms with Gasteiger partial charge < -0.3 is 14.3 Å². The van der Waals surface area contributed by atoms with Gasteiger partial charge in [0, 0.05) is 6.42 Å². The summed E-state index contributed by atoms with van der Waals surface area (Å²) in [6, 6.07) is 7.56. The first-order valence-electron chi connectivity index (χ1n) is 5.45. The Labute approximate surface area is 104 Å². The predicted octanol–water partition coefficient (Wildman–Crippen LogP) is 1.90. The predicted molar refractivity (Wildman–Crippen MR) is 63.6 cm³/mol. The van der Waals surface area contributed by atoms with Crippen molar-refractivity contribution < 1.29 is 19.1 Å². The van der Waals surface area contributed by atoms with Crippen LogP contribution >= 0.6 is 0 Å². The lowest BCUT2D eigenvalue weighted by Gasteiger charge is -2.01. The van der Waals surface area contributed by atoms with E-state index in [1.807, 2.05) is 24.3 Å². The zero-order valence-corrected chi connectivity index (χ0v) is 9.92. The van der Waals surface area contributed by atoms with Crippen LogP contribution in [-0.2, 0) is 17.6 Å². The third kappa shape index (κ3) is 3.10. The second-order valence-electron chi connectivity index (χ2n) is 3.82. The Hall–Kier alpha value is -2.30. The van der Waals surface area contributed by atoms with Crippen molar-refractivity contribution in [3.8, 4) is 5.75 Å². The maximum atomic E-state index is 10.5. The molecule has 0 fully saturated rings. The standard InChI is InChI=1S/C13H13NO4/c1-17-10-4-2-3-9(5-10)6-12-14-8-11(18-12)7-13(15)16/h2-5,8H,6-7H2,1H3,(H,15,16). The molecule has 0 atom stereocenters. The van der Waals surface area contributed by atoms with Gasteiger partial charge in [-0.05, 0) is 17.7 Å². The molecule has 0 saturated carbocycles. The summed E-state index contributed by atoms with van der Waals surface area (Å²) in [5, 5.41) is 8.63. The summed E-state index contributed by atoms with van der Waals surface area (Å²) in [6.07, 6.45) is 1.81. The topological polar surface area (TPSA) is 72.6 Å². The van der Waals surface area contributed by atoms with E-state index >= 15 is 0 Å². The Morgan fingerprint density at radius 3 is 3.06 bits per heavy atom. The van der Waals surface area contributed by atoms with Crippen molar-refractivity contribution in [1.82, 2.24) is 4.98 Å². The summed E-state index contributed by atoms with van der Waals surface area (Å²) in [4.78, 5) is 14.6. The number of carboxylic acids is 1. The van der Waals surface area contributed by atoms with Crippen LogP contribution in [0.15, 0.2) is 34.9 Å². The maximum Gasteiger partial charge on any atom is 0.311 e. The first-order valence-corrected chi connectivity index (χ1v) is 5.45. The molecule has 1 N–H and O–H groups in total. The van der Waals surface area contributed by atoms with E-state index in [0.29, 0.717) is 18.1 Å². The molecule has 18 heavy (non-hydrogen) atoms. The van der Waals surface area contributed by atoms with Crippen molar-refractivity contribution in [2.45, 2.75) is 12.8 Å². The van der Waals surface area contributed by atoms with E-state index in [-0.39, 0.29) is 6.42 Å². The molecule has 0 unspecified atom stereocenters. The number of carboxylic acid groups (broad SMARTS) is 1. The molecule has 1 aromatic heterocycles. The fourth-order valence-electron chi connectivity index (χ4n) is 1.62. The van der Waals surface area contributed by atoms with E-state index in [9.17, 15) is 4.79 Å². The molecule has 0 amide bonds. The van der Waals surface area contributed by atoms with Crippen LogP contribution in [0, 0.1) is 0 Å². The average Bonchev–Trinajstić information content (AvgIpc) is 2.76. The maximum absolute atomic E-state index is 10.5. The molecule has 0 aliphatic rings. The molecule has 2 aromatic rings. The van der Waals surface area contributed by atoms with Crippen molar-refractivity contribution >= 4 is 5.97 Å². The smallest absolute Gasteiger partial charge is 0.311 e. The Balaban J connectivity index is 2.08.